The molecule has 0 bridgehead atoms. The number of rotatable bonds is 3. The highest BCUT2D eigenvalue weighted by Crippen LogP contribution is 2.26. The normalized spacial score (nSPS) is 14.6. The Balaban J connectivity index is 1.41. The SMILES string of the molecule is Fc1ccc(-c2cc3c(N4CCN(c5ccccn5)CC4)nccn3n2)cc1. The van der Waals surface area contributed by atoms with Gasteiger partial charge in [-0.15, -0.1) is 0 Å². The fraction of sp³-hybridized carbons (Fsp3) is 0.190. The van der Waals surface area contributed by atoms with Crippen LogP contribution >= 0.6 is 0 Å². The fourth-order valence-electron chi connectivity index (χ4n) is 3.60. The molecule has 1 saturated heterocycles. The summed E-state index contributed by atoms with van der Waals surface area (Å²) < 4.78 is 15.1. The Morgan fingerprint density at radius 3 is 2.36 bits per heavy atom. The van der Waals surface area contributed by atoms with Crippen LogP contribution in [0.5, 0.6) is 0 Å². The van der Waals surface area contributed by atoms with Crippen LogP contribution in [0.4, 0.5) is 16.0 Å². The average Bonchev–Trinajstić information content (AvgIpc) is 3.19. The van der Waals surface area contributed by atoms with Crippen molar-refractivity contribution in [2.24, 2.45) is 0 Å². The molecule has 5 rings (SSSR count). The van der Waals surface area contributed by atoms with Crippen LogP contribution in [0, 0.1) is 5.82 Å². The Kier molecular flexibility index (Phi) is 4.12. The molecule has 3 aromatic heterocycles. The van der Waals surface area contributed by atoms with Gasteiger partial charge in [-0.3, -0.25) is 0 Å². The van der Waals surface area contributed by atoms with Crippen LogP contribution in [0.3, 0.4) is 0 Å². The zero-order valence-corrected chi connectivity index (χ0v) is 15.2. The van der Waals surface area contributed by atoms with E-state index in [1.165, 1.54) is 12.1 Å². The first-order valence-corrected chi connectivity index (χ1v) is 9.29. The van der Waals surface area contributed by atoms with Crippen molar-refractivity contribution >= 4 is 17.2 Å². The van der Waals surface area contributed by atoms with Crippen molar-refractivity contribution in [3.05, 3.63) is 72.9 Å². The van der Waals surface area contributed by atoms with Gasteiger partial charge in [-0.2, -0.15) is 5.10 Å². The van der Waals surface area contributed by atoms with Crippen LogP contribution in [0.2, 0.25) is 0 Å². The van der Waals surface area contributed by atoms with Crippen molar-refractivity contribution in [2.45, 2.75) is 0 Å². The van der Waals surface area contributed by atoms with Gasteiger partial charge < -0.3 is 9.80 Å². The molecule has 140 valence electrons. The summed E-state index contributed by atoms with van der Waals surface area (Å²) in [5.74, 6) is 1.68. The fourth-order valence-corrected chi connectivity index (χ4v) is 3.60. The first-order chi connectivity index (χ1) is 13.8. The van der Waals surface area contributed by atoms with Crippen molar-refractivity contribution in [3.8, 4) is 11.3 Å². The molecule has 0 unspecified atom stereocenters. The van der Waals surface area contributed by atoms with Crippen LogP contribution in [-0.4, -0.2) is 45.8 Å². The van der Waals surface area contributed by atoms with Gasteiger partial charge in [-0.1, -0.05) is 6.07 Å². The van der Waals surface area contributed by atoms with E-state index in [1.807, 2.05) is 41.2 Å². The largest absolute Gasteiger partial charge is 0.353 e. The minimum Gasteiger partial charge on any atom is -0.353 e. The molecule has 6 nitrogen and oxygen atoms in total. The average molecular weight is 374 g/mol. The lowest BCUT2D eigenvalue weighted by molar-refractivity contribution is 0.628. The first kappa shape index (κ1) is 16.7. The van der Waals surface area contributed by atoms with Crippen LogP contribution in [0.25, 0.3) is 16.8 Å². The second kappa shape index (κ2) is 6.92. The molecule has 4 heterocycles. The Morgan fingerprint density at radius 1 is 0.821 bits per heavy atom. The molecule has 0 N–H and O–H groups in total. The van der Waals surface area contributed by atoms with E-state index >= 15 is 0 Å². The van der Waals surface area contributed by atoms with E-state index in [0.29, 0.717) is 0 Å². The third kappa shape index (κ3) is 3.05. The number of piperazine rings is 1. The standard InChI is InChI=1S/C21H19FN6/c22-17-6-4-16(5-7-17)18-15-19-21(24-9-10-28(19)25-18)27-13-11-26(12-14-27)20-3-1-2-8-23-20/h1-10,15H,11-14H2. The summed E-state index contributed by atoms with van der Waals surface area (Å²) in [6.07, 6.45) is 5.44. The zero-order chi connectivity index (χ0) is 18.9. The molecule has 0 aliphatic carbocycles. The van der Waals surface area contributed by atoms with Gasteiger partial charge in [0.1, 0.15) is 17.2 Å². The maximum atomic E-state index is 13.2. The number of fused-ring (bicyclic) bond motifs is 1. The number of benzene rings is 1. The lowest BCUT2D eigenvalue weighted by Crippen LogP contribution is -2.47. The van der Waals surface area contributed by atoms with Crippen LogP contribution in [0.1, 0.15) is 0 Å². The first-order valence-electron chi connectivity index (χ1n) is 9.29. The van der Waals surface area contributed by atoms with E-state index < -0.39 is 0 Å². The van der Waals surface area contributed by atoms with Gasteiger partial charge in [-0.25, -0.2) is 18.9 Å². The Hall–Kier alpha value is -3.48. The second-order valence-corrected chi connectivity index (χ2v) is 6.78. The Bertz CT molecular complexity index is 1090. The molecule has 1 aliphatic heterocycles. The number of nitrogens with zero attached hydrogens (tertiary/aromatic N) is 6. The molecule has 1 fully saturated rings. The summed E-state index contributed by atoms with van der Waals surface area (Å²) in [6.45, 7) is 3.50. The van der Waals surface area contributed by atoms with E-state index in [1.54, 1.807) is 18.3 Å². The third-order valence-corrected chi connectivity index (χ3v) is 5.06. The van der Waals surface area contributed by atoms with Crippen molar-refractivity contribution < 1.29 is 4.39 Å². The minimum absolute atomic E-state index is 0.249. The topological polar surface area (TPSA) is 49.6 Å². The monoisotopic (exact) mass is 374 g/mol. The molecule has 0 spiro atoms. The molecule has 0 amide bonds. The Morgan fingerprint density at radius 2 is 1.61 bits per heavy atom. The van der Waals surface area contributed by atoms with Gasteiger partial charge >= 0.3 is 0 Å². The van der Waals surface area contributed by atoms with Crippen molar-refractivity contribution in [2.75, 3.05) is 36.0 Å². The van der Waals surface area contributed by atoms with Crippen molar-refractivity contribution in [1.82, 2.24) is 19.6 Å². The molecule has 0 atom stereocenters. The van der Waals surface area contributed by atoms with Crippen molar-refractivity contribution in [3.63, 3.8) is 0 Å². The predicted octanol–water partition coefficient (Wildman–Crippen LogP) is 3.26. The van der Waals surface area contributed by atoms with Gasteiger partial charge in [0.15, 0.2) is 5.82 Å². The molecule has 7 heteroatoms. The van der Waals surface area contributed by atoms with E-state index in [0.717, 1.165) is 54.6 Å². The number of anilines is 2. The smallest absolute Gasteiger partial charge is 0.154 e. The molecule has 1 aromatic carbocycles. The Labute approximate surface area is 161 Å². The summed E-state index contributed by atoms with van der Waals surface area (Å²) in [5, 5.41) is 4.64. The van der Waals surface area contributed by atoms with Gasteiger partial charge in [-0.05, 0) is 42.5 Å². The zero-order valence-electron chi connectivity index (χ0n) is 15.2. The predicted molar refractivity (Wildman–Crippen MR) is 107 cm³/mol. The van der Waals surface area contributed by atoms with Gasteiger partial charge in [0.05, 0.1) is 5.69 Å². The number of pyridine rings is 1. The molecule has 4 aromatic rings. The molecule has 0 radical (unpaired) electrons. The minimum atomic E-state index is -0.249. The lowest BCUT2D eigenvalue weighted by atomic mass is 10.1. The van der Waals surface area contributed by atoms with E-state index in [4.69, 9.17) is 0 Å². The van der Waals surface area contributed by atoms with Gasteiger partial charge in [0.2, 0.25) is 0 Å². The molecular formula is C21H19FN6. The highest BCUT2D eigenvalue weighted by Gasteiger charge is 2.21. The summed E-state index contributed by atoms with van der Waals surface area (Å²) in [7, 11) is 0. The highest BCUT2D eigenvalue weighted by atomic mass is 19.1. The maximum Gasteiger partial charge on any atom is 0.154 e. The van der Waals surface area contributed by atoms with Gasteiger partial charge in [0.25, 0.3) is 0 Å². The van der Waals surface area contributed by atoms with E-state index in [-0.39, 0.29) is 5.82 Å². The summed E-state index contributed by atoms with van der Waals surface area (Å²) in [5.41, 5.74) is 2.64. The summed E-state index contributed by atoms with van der Waals surface area (Å²) in [6, 6.07) is 14.4. The number of hydrogen-bond donors (Lipinski definition) is 0. The van der Waals surface area contributed by atoms with Crippen LogP contribution in [-0.2, 0) is 0 Å². The molecule has 28 heavy (non-hydrogen) atoms. The third-order valence-electron chi connectivity index (χ3n) is 5.06. The number of halogens is 1. The quantitative estimate of drug-likeness (QED) is 0.551. The summed E-state index contributed by atoms with van der Waals surface area (Å²) >= 11 is 0. The maximum absolute atomic E-state index is 13.2. The molecule has 1 aliphatic rings. The summed E-state index contributed by atoms with van der Waals surface area (Å²) in [4.78, 5) is 13.6. The van der Waals surface area contributed by atoms with Crippen molar-refractivity contribution in [1.29, 1.82) is 0 Å². The lowest BCUT2D eigenvalue weighted by Gasteiger charge is -2.36. The molecule has 0 saturated carbocycles. The van der Waals surface area contributed by atoms with E-state index in [9.17, 15) is 4.39 Å². The highest BCUT2D eigenvalue weighted by molar-refractivity contribution is 5.75. The number of aromatic nitrogens is 4. The van der Waals surface area contributed by atoms with Crippen LogP contribution < -0.4 is 9.80 Å². The number of hydrogen-bond acceptors (Lipinski definition) is 5. The van der Waals surface area contributed by atoms with Crippen LogP contribution in [0.15, 0.2) is 67.1 Å². The van der Waals surface area contributed by atoms with Gasteiger partial charge in [0, 0.05) is 50.3 Å². The second-order valence-electron chi connectivity index (χ2n) is 6.78. The molecular weight excluding hydrogens is 355 g/mol. The van der Waals surface area contributed by atoms with E-state index in [2.05, 4.69) is 24.9 Å².